The highest BCUT2D eigenvalue weighted by atomic mass is 35.5. The summed E-state index contributed by atoms with van der Waals surface area (Å²) in [6.45, 7) is 5.20. The van der Waals surface area contributed by atoms with Crippen molar-refractivity contribution in [2.24, 2.45) is 5.73 Å². The van der Waals surface area contributed by atoms with Gasteiger partial charge in [-0.3, -0.25) is 4.79 Å². The summed E-state index contributed by atoms with van der Waals surface area (Å²) in [5, 5.41) is 16.3. The van der Waals surface area contributed by atoms with Crippen LogP contribution in [-0.2, 0) is 0 Å². The van der Waals surface area contributed by atoms with E-state index in [0.717, 1.165) is 25.3 Å². The highest BCUT2D eigenvalue weighted by Crippen LogP contribution is 2.31. The number of carbonyl (C=O) groups is 1. The number of benzene rings is 1. The molecular formula is C20H22ClN7O2S. The fourth-order valence-electron chi connectivity index (χ4n) is 3.38. The van der Waals surface area contributed by atoms with E-state index in [-0.39, 0.29) is 22.7 Å². The number of rotatable bonds is 5. The van der Waals surface area contributed by atoms with E-state index >= 15 is 0 Å². The Bertz CT molecular complexity index is 1110. The van der Waals surface area contributed by atoms with Gasteiger partial charge in [0.1, 0.15) is 28.1 Å². The van der Waals surface area contributed by atoms with Crippen molar-refractivity contribution in [2.75, 3.05) is 28.6 Å². The van der Waals surface area contributed by atoms with Gasteiger partial charge in [0, 0.05) is 31.3 Å². The Hall–Kier alpha value is -2.95. The second kappa shape index (κ2) is 8.66. The lowest BCUT2D eigenvalue weighted by atomic mass is 10.2. The van der Waals surface area contributed by atoms with Crippen molar-refractivity contribution in [3.63, 3.8) is 0 Å². The van der Waals surface area contributed by atoms with E-state index in [4.69, 9.17) is 17.3 Å². The van der Waals surface area contributed by atoms with E-state index in [9.17, 15) is 9.90 Å². The molecule has 9 nitrogen and oxygen atoms in total. The molecule has 1 aliphatic heterocycles. The molecule has 0 saturated carbocycles. The van der Waals surface area contributed by atoms with Crippen molar-refractivity contribution in [2.45, 2.75) is 26.3 Å². The average molecular weight is 460 g/mol. The minimum absolute atomic E-state index is 0.0419. The maximum absolute atomic E-state index is 12.6. The molecule has 3 aromatic rings. The van der Waals surface area contributed by atoms with Crippen molar-refractivity contribution >= 4 is 51.3 Å². The molecular weight excluding hydrogens is 438 g/mol. The van der Waals surface area contributed by atoms with E-state index in [0.29, 0.717) is 32.9 Å². The van der Waals surface area contributed by atoms with Gasteiger partial charge >= 0.3 is 0 Å². The van der Waals surface area contributed by atoms with Crippen LogP contribution in [0, 0.1) is 13.8 Å². The SMILES string of the molecule is Cc1nc(Nc2ncc(C(=O)Nc3c(C)cc(O)cc3Cl)s2)cc(N2CC[C@@H](N)C2)n1. The first-order chi connectivity index (χ1) is 14.8. The zero-order chi connectivity index (χ0) is 22.1. The van der Waals surface area contributed by atoms with Gasteiger partial charge in [0.05, 0.1) is 16.9 Å². The highest BCUT2D eigenvalue weighted by molar-refractivity contribution is 7.17. The molecule has 0 aliphatic carbocycles. The van der Waals surface area contributed by atoms with Gasteiger partial charge in [-0.1, -0.05) is 22.9 Å². The number of amides is 1. The van der Waals surface area contributed by atoms with Crippen molar-refractivity contribution in [3.05, 3.63) is 45.7 Å². The largest absolute Gasteiger partial charge is 0.508 e. The van der Waals surface area contributed by atoms with Gasteiger partial charge in [0.25, 0.3) is 5.91 Å². The van der Waals surface area contributed by atoms with Crippen molar-refractivity contribution in [1.82, 2.24) is 15.0 Å². The van der Waals surface area contributed by atoms with Crippen LogP contribution in [0.25, 0.3) is 0 Å². The summed E-state index contributed by atoms with van der Waals surface area (Å²) in [6, 6.07) is 4.92. The second-order valence-electron chi connectivity index (χ2n) is 7.38. The number of aromatic hydroxyl groups is 1. The third-order valence-corrected chi connectivity index (χ3v) is 6.06. The zero-order valence-corrected chi connectivity index (χ0v) is 18.6. The Balaban J connectivity index is 1.48. The number of anilines is 4. The van der Waals surface area contributed by atoms with Crippen LogP contribution in [0.3, 0.4) is 0 Å². The number of hydrogen-bond acceptors (Lipinski definition) is 9. The summed E-state index contributed by atoms with van der Waals surface area (Å²) < 4.78 is 0. The quantitative estimate of drug-likeness (QED) is 0.427. The topological polar surface area (TPSA) is 129 Å². The summed E-state index contributed by atoms with van der Waals surface area (Å²) in [5.74, 6) is 1.75. The van der Waals surface area contributed by atoms with Crippen molar-refractivity contribution in [1.29, 1.82) is 0 Å². The first kappa shape index (κ1) is 21.3. The third-order valence-electron chi connectivity index (χ3n) is 4.85. The second-order valence-corrected chi connectivity index (χ2v) is 8.82. The summed E-state index contributed by atoms with van der Waals surface area (Å²) in [6.07, 6.45) is 2.42. The standard InChI is InChI=1S/C20H22ClN7O2S/c1-10-5-13(29)6-14(21)18(10)27-19(30)15-8-23-20(31-15)26-16-7-17(25-11(2)24-16)28-4-3-12(22)9-28/h5-8,12,29H,3-4,9,22H2,1-2H3,(H,27,30)(H,23,24,25,26)/t12-/m1/s1. The lowest BCUT2D eigenvalue weighted by Crippen LogP contribution is -2.27. The van der Waals surface area contributed by atoms with Crippen molar-refractivity contribution < 1.29 is 9.90 Å². The molecule has 1 aromatic carbocycles. The fraction of sp³-hybridized carbons (Fsp3) is 0.300. The monoisotopic (exact) mass is 459 g/mol. The van der Waals surface area contributed by atoms with Crippen molar-refractivity contribution in [3.8, 4) is 5.75 Å². The number of aromatic nitrogens is 3. The highest BCUT2D eigenvalue weighted by Gasteiger charge is 2.21. The number of aryl methyl sites for hydroxylation is 2. The normalized spacial score (nSPS) is 15.9. The van der Waals surface area contributed by atoms with Gasteiger partial charge in [-0.2, -0.15) is 0 Å². The number of phenols is 1. The van der Waals surface area contributed by atoms with Crippen LogP contribution in [0.4, 0.5) is 22.5 Å². The van der Waals surface area contributed by atoms with Gasteiger partial charge in [-0.25, -0.2) is 15.0 Å². The molecule has 1 fully saturated rings. The Morgan fingerprint density at radius 3 is 2.84 bits per heavy atom. The lowest BCUT2D eigenvalue weighted by Gasteiger charge is -2.18. The van der Waals surface area contributed by atoms with E-state index in [1.54, 1.807) is 6.92 Å². The van der Waals surface area contributed by atoms with Crippen LogP contribution in [0.2, 0.25) is 5.02 Å². The average Bonchev–Trinajstić information content (AvgIpc) is 3.33. The van der Waals surface area contributed by atoms with Crippen LogP contribution in [0.15, 0.2) is 24.4 Å². The molecule has 1 amide bonds. The number of halogens is 1. The third kappa shape index (κ3) is 4.87. The number of phenolic OH excluding ortho intramolecular Hbond substituents is 1. The zero-order valence-electron chi connectivity index (χ0n) is 17.0. The lowest BCUT2D eigenvalue weighted by molar-refractivity contribution is 0.103. The minimum atomic E-state index is -0.341. The number of nitrogens with two attached hydrogens (primary N) is 1. The molecule has 2 aromatic heterocycles. The summed E-state index contributed by atoms with van der Waals surface area (Å²) in [7, 11) is 0. The number of carbonyl (C=O) groups excluding carboxylic acids is 1. The molecule has 0 spiro atoms. The molecule has 0 unspecified atom stereocenters. The maximum Gasteiger partial charge on any atom is 0.267 e. The first-order valence-electron chi connectivity index (χ1n) is 9.68. The van der Waals surface area contributed by atoms with E-state index < -0.39 is 0 Å². The Kier molecular flexibility index (Phi) is 5.94. The number of thiazole rings is 1. The van der Waals surface area contributed by atoms with Crippen LogP contribution >= 0.6 is 22.9 Å². The van der Waals surface area contributed by atoms with E-state index in [1.165, 1.54) is 29.7 Å². The van der Waals surface area contributed by atoms with Crippen LogP contribution in [0.1, 0.15) is 27.5 Å². The van der Waals surface area contributed by atoms with Gasteiger partial charge in [-0.05, 0) is 31.9 Å². The molecule has 1 saturated heterocycles. The molecule has 4 rings (SSSR count). The van der Waals surface area contributed by atoms with Gasteiger partial charge < -0.3 is 26.4 Å². The van der Waals surface area contributed by atoms with Gasteiger partial charge in [0.15, 0.2) is 5.13 Å². The molecule has 0 radical (unpaired) electrons. The number of nitrogens with one attached hydrogen (secondary N) is 2. The molecule has 31 heavy (non-hydrogen) atoms. The predicted octanol–water partition coefficient (Wildman–Crippen LogP) is 3.44. The summed E-state index contributed by atoms with van der Waals surface area (Å²) >= 11 is 7.34. The summed E-state index contributed by atoms with van der Waals surface area (Å²) in [4.78, 5) is 28.4. The maximum atomic E-state index is 12.6. The Morgan fingerprint density at radius 2 is 2.13 bits per heavy atom. The minimum Gasteiger partial charge on any atom is -0.508 e. The molecule has 11 heteroatoms. The molecule has 5 N–H and O–H groups in total. The van der Waals surface area contributed by atoms with E-state index in [1.807, 2.05) is 13.0 Å². The van der Waals surface area contributed by atoms with Crippen LogP contribution in [-0.4, -0.2) is 45.1 Å². The molecule has 162 valence electrons. The number of hydrogen-bond donors (Lipinski definition) is 4. The first-order valence-corrected chi connectivity index (χ1v) is 10.9. The van der Waals surface area contributed by atoms with Crippen LogP contribution < -0.4 is 21.3 Å². The number of nitrogens with zero attached hydrogens (tertiary/aromatic N) is 4. The van der Waals surface area contributed by atoms with Crippen LogP contribution in [0.5, 0.6) is 5.75 Å². The smallest absolute Gasteiger partial charge is 0.267 e. The van der Waals surface area contributed by atoms with Gasteiger partial charge in [0.2, 0.25) is 0 Å². The fourth-order valence-corrected chi connectivity index (χ4v) is 4.41. The molecule has 0 bridgehead atoms. The summed E-state index contributed by atoms with van der Waals surface area (Å²) in [5.41, 5.74) is 7.12. The van der Waals surface area contributed by atoms with E-state index in [2.05, 4.69) is 30.5 Å². The molecule has 1 aliphatic rings. The van der Waals surface area contributed by atoms with Gasteiger partial charge in [-0.15, -0.1) is 0 Å². The predicted molar refractivity (Wildman–Crippen MR) is 123 cm³/mol. The Labute approximate surface area is 188 Å². The molecule has 1 atom stereocenters. The Morgan fingerprint density at radius 1 is 1.32 bits per heavy atom. The molecule has 3 heterocycles.